The van der Waals surface area contributed by atoms with Crippen LogP contribution in [0.4, 0.5) is 11.4 Å². The number of anilines is 2. The fraction of sp³-hybridized carbons (Fsp3) is 0.455. The monoisotopic (exact) mass is 226 g/mol. The third kappa shape index (κ3) is 1.97. The predicted molar refractivity (Wildman–Crippen MR) is 63.9 cm³/mol. The number of nitrogens with zero attached hydrogens (tertiary/aromatic N) is 1. The second-order valence-corrected chi connectivity index (χ2v) is 4.15. The zero-order chi connectivity index (χ0) is 10.8. The van der Waals surface area contributed by atoms with E-state index in [0.717, 1.165) is 24.5 Å². The van der Waals surface area contributed by atoms with Gasteiger partial charge in [0.25, 0.3) is 0 Å². The topological polar surface area (TPSA) is 38.5 Å². The molecule has 0 bridgehead atoms. The van der Waals surface area contributed by atoms with E-state index in [2.05, 4.69) is 4.90 Å². The highest BCUT2D eigenvalue weighted by atomic mass is 35.5. The highest BCUT2D eigenvalue weighted by molar-refractivity contribution is 6.34. The van der Waals surface area contributed by atoms with E-state index in [4.69, 9.17) is 22.1 Å². The van der Waals surface area contributed by atoms with Crippen LogP contribution in [0, 0.1) is 0 Å². The minimum Gasteiger partial charge on any atom is -0.494 e. The molecule has 1 heterocycles. The maximum Gasteiger partial charge on any atom is 0.145 e. The maximum atomic E-state index is 6.19. The quantitative estimate of drug-likeness (QED) is 0.788. The van der Waals surface area contributed by atoms with Gasteiger partial charge in [-0.15, -0.1) is 0 Å². The Morgan fingerprint density at radius 3 is 2.60 bits per heavy atom. The average molecular weight is 227 g/mol. The van der Waals surface area contributed by atoms with Gasteiger partial charge in [0.2, 0.25) is 0 Å². The van der Waals surface area contributed by atoms with E-state index in [0.29, 0.717) is 10.7 Å². The van der Waals surface area contributed by atoms with Gasteiger partial charge in [-0.25, -0.2) is 0 Å². The fourth-order valence-corrected chi connectivity index (χ4v) is 2.34. The van der Waals surface area contributed by atoms with Gasteiger partial charge in [0, 0.05) is 24.8 Å². The van der Waals surface area contributed by atoms with Gasteiger partial charge in [-0.2, -0.15) is 0 Å². The smallest absolute Gasteiger partial charge is 0.145 e. The summed E-state index contributed by atoms with van der Waals surface area (Å²) in [6.45, 7) is 2.08. The Morgan fingerprint density at radius 2 is 2.00 bits per heavy atom. The number of nitrogen functional groups attached to an aromatic ring is 1. The summed E-state index contributed by atoms with van der Waals surface area (Å²) in [7, 11) is 1.64. The third-order valence-corrected chi connectivity index (χ3v) is 2.98. The molecule has 1 fully saturated rings. The van der Waals surface area contributed by atoms with Crippen molar-refractivity contribution in [3.05, 3.63) is 17.2 Å². The van der Waals surface area contributed by atoms with Crippen molar-refractivity contribution in [1.29, 1.82) is 0 Å². The SMILES string of the molecule is COc1cc(N)cc(Cl)c1N1CCCC1. The van der Waals surface area contributed by atoms with Crippen molar-refractivity contribution in [3.8, 4) is 5.75 Å². The first-order valence-electron chi connectivity index (χ1n) is 5.10. The molecule has 4 heteroatoms. The molecular formula is C11H15ClN2O. The van der Waals surface area contributed by atoms with E-state index < -0.39 is 0 Å². The number of methoxy groups -OCH3 is 1. The third-order valence-electron chi connectivity index (χ3n) is 2.69. The van der Waals surface area contributed by atoms with Gasteiger partial charge in [-0.1, -0.05) is 11.6 Å². The van der Waals surface area contributed by atoms with Crippen molar-refractivity contribution in [3.63, 3.8) is 0 Å². The molecule has 82 valence electrons. The summed E-state index contributed by atoms with van der Waals surface area (Å²) in [5, 5.41) is 0.675. The van der Waals surface area contributed by atoms with Gasteiger partial charge in [0.05, 0.1) is 17.8 Å². The van der Waals surface area contributed by atoms with Gasteiger partial charge in [0.15, 0.2) is 0 Å². The lowest BCUT2D eigenvalue weighted by Gasteiger charge is -2.22. The van der Waals surface area contributed by atoms with Gasteiger partial charge in [-0.3, -0.25) is 0 Å². The minimum atomic E-state index is 0.639. The van der Waals surface area contributed by atoms with Crippen LogP contribution in [-0.4, -0.2) is 20.2 Å². The fourth-order valence-electron chi connectivity index (χ4n) is 2.00. The lowest BCUT2D eigenvalue weighted by Crippen LogP contribution is -2.19. The second kappa shape index (κ2) is 4.19. The molecule has 0 aliphatic carbocycles. The van der Waals surface area contributed by atoms with Crippen LogP contribution >= 0.6 is 11.6 Å². The molecule has 0 radical (unpaired) electrons. The van der Waals surface area contributed by atoms with E-state index in [1.165, 1.54) is 12.8 Å². The molecule has 3 nitrogen and oxygen atoms in total. The summed E-state index contributed by atoms with van der Waals surface area (Å²) >= 11 is 6.19. The number of ether oxygens (including phenoxy) is 1. The van der Waals surface area contributed by atoms with Crippen molar-refractivity contribution < 1.29 is 4.74 Å². The molecule has 1 saturated heterocycles. The summed E-state index contributed by atoms with van der Waals surface area (Å²) < 4.78 is 5.31. The molecule has 1 aromatic rings. The molecular weight excluding hydrogens is 212 g/mol. The lowest BCUT2D eigenvalue weighted by molar-refractivity contribution is 0.415. The Balaban J connectivity index is 2.43. The molecule has 0 unspecified atom stereocenters. The van der Waals surface area contributed by atoms with E-state index >= 15 is 0 Å². The van der Waals surface area contributed by atoms with Crippen molar-refractivity contribution in [1.82, 2.24) is 0 Å². The van der Waals surface area contributed by atoms with Crippen molar-refractivity contribution >= 4 is 23.0 Å². The van der Waals surface area contributed by atoms with Crippen LogP contribution in [0.15, 0.2) is 12.1 Å². The Bertz CT molecular complexity index is 362. The molecule has 2 rings (SSSR count). The summed E-state index contributed by atoms with van der Waals surface area (Å²) in [4.78, 5) is 2.25. The van der Waals surface area contributed by atoms with Crippen LogP contribution in [0.5, 0.6) is 5.75 Å². The summed E-state index contributed by atoms with van der Waals surface area (Å²) in [6.07, 6.45) is 2.42. The standard InChI is InChI=1S/C11H15ClN2O/c1-15-10-7-8(13)6-9(12)11(10)14-4-2-3-5-14/h6-7H,2-5,13H2,1H3. The summed E-state index contributed by atoms with van der Waals surface area (Å²) in [5.74, 6) is 0.766. The lowest BCUT2D eigenvalue weighted by atomic mass is 10.2. The Hall–Kier alpha value is -1.09. The first-order valence-corrected chi connectivity index (χ1v) is 5.48. The molecule has 1 aliphatic heterocycles. The van der Waals surface area contributed by atoms with E-state index in [1.54, 1.807) is 13.2 Å². The molecule has 2 N–H and O–H groups in total. The summed E-state index contributed by atoms with van der Waals surface area (Å²) in [5.41, 5.74) is 7.34. The zero-order valence-corrected chi connectivity index (χ0v) is 9.55. The first kappa shape index (κ1) is 10.4. The van der Waals surface area contributed by atoms with Gasteiger partial charge in [0.1, 0.15) is 5.75 Å². The normalized spacial score (nSPS) is 15.7. The van der Waals surface area contributed by atoms with E-state index in [9.17, 15) is 0 Å². The van der Waals surface area contributed by atoms with Crippen molar-refractivity contribution in [2.75, 3.05) is 30.8 Å². The molecule has 0 atom stereocenters. The zero-order valence-electron chi connectivity index (χ0n) is 8.79. The molecule has 0 spiro atoms. The minimum absolute atomic E-state index is 0.639. The van der Waals surface area contributed by atoms with Crippen LogP contribution in [0.3, 0.4) is 0 Å². The Labute approximate surface area is 94.8 Å². The van der Waals surface area contributed by atoms with Gasteiger partial charge >= 0.3 is 0 Å². The highest BCUT2D eigenvalue weighted by Gasteiger charge is 2.19. The number of nitrogens with two attached hydrogens (primary N) is 1. The Kier molecular flexibility index (Phi) is 2.91. The second-order valence-electron chi connectivity index (χ2n) is 3.75. The van der Waals surface area contributed by atoms with Gasteiger partial charge < -0.3 is 15.4 Å². The van der Waals surface area contributed by atoms with Crippen LogP contribution in [0.2, 0.25) is 5.02 Å². The maximum absolute atomic E-state index is 6.19. The van der Waals surface area contributed by atoms with Crippen LogP contribution in [-0.2, 0) is 0 Å². The van der Waals surface area contributed by atoms with Crippen LogP contribution < -0.4 is 15.4 Å². The van der Waals surface area contributed by atoms with Crippen molar-refractivity contribution in [2.24, 2.45) is 0 Å². The molecule has 0 saturated carbocycles. The molecule has 0 aromatic heterocycles. The number of hydrogen-bond donors (Lipinski definition) is 1. The van der Waals surface area contributed by atoms with Crippen LogP contribution in [0.25, 0.3) is 0 Å². The predicted octanol–water partition coefficient (Wildman–Crippen LogP) is 2.53. The molecule has 1 aromatic carbocycles. The van der Waals surface area contributed by atoms with Crippen LogP contribution in [0.1, 0.15) is 12.8 Å². The Morgan fingerprint density at radius 1 is 1.33 bits per heavy atom. The first-order chi connectivity index (χ1) is 7.22. The van der Waals surface area contributed by atoms with E-state index in [-0.39, 0.29) is 0 Å². The van der Waals surface area contributed by atoms with Gasteiger partial charge in [-0.05, 0) is 18.9 Å². The largest absolute Gasteiger partial charge is 0.494 e. The number of benzene rings is 1. The number of hydrogen-bond acceptors (Lipinski definition) is 3. The summed E-state index contributed by atoms with van der Waals surface area (Å²) in [6, 6.07) is 3.59. The van der Waals surface area contributed by atoms with E-state index in [1.807, 2.05) is 6.07 Å². The number of halogens is 1. The average Bonchev–Trinajstić information content (AvgIpc) is 2.69. The molecule has 0 amide bonds. The highest BCUT2D eigenvalue weighted by Crippen LogP contribution is 2.39. The van der Waals surface area contributed by atoms with Crippen molar-refractivity contribution in [2.45, 2.75) is 12.8 Å². The molecule has 1 aliphatic rings. The number of rotatable bonds is 2. The molecule has 15 heavy (non-hydrogen) atoms.